The molecule has 0 N–H and O–H groups in total. The Labute approximate surface area is 142 Å². The fraction of sp³-hybridized carbons (Fsp3) is 0.500. The van der Waals surface area contributed by atoms with Crippen LogP contribution in [0, 0.1) is 23.7 Å². The lowest BCUT2D eigenvalue weighted by molar-refractivity contribution is -0.136. The van der Waals surface area contributed by atoms with Gasteiger partial charge in [0.15, 0.2) is 11.6 Å². The Morgan fingerprint density at radius 3 is 2.46 bits per heavy atom. The molecule has 2 saturated carbocycles. The summed E-state index contributed by atoms with van der Waals surface area (Å²) in [5.74, 6) is 5.90. The number of ether oxygens (including phenoxy) is 2. The minimum atomic E-state index is -0.683. The van der Waals surface area contributed by atoms with Gasteiger partial charge < -0.3 is 9.47 Å². The molecule has 0 radical (unpaired) electrons. The second-order valence-electron chi connectivity index (χ2n) is 6.41. The Morgan fingerprint density at radius 2 is 1.83 bits per heavy atom. The normalized spacial score (nSPS) is 25.3. The highest BCUT2D eigenvalue weighted by molar-refractivity contribution is 6.12. The molecule has 2 fully saturated rings. The Morgan fingerprint density at radius 1 is 1.12 bits per heavy atom. The zero-order valence-corrected chi connectivity index (χ0v) is 14.1. The van der Waals surface area contributed by atoms with E-state index in [0.29, 0.717) is 24.5 Å². The number of carbonyl (C=O) groups excluding carboxylic acids is 2. The number of methoxy groups -OCH3 is 1. The van der Waals surface area contributed by atoms with Crippen LogP contribution in [0.15, 0.2) is 18.2 Å². The van der Waals surface area contributed by atoms with Gasteiger partial charge in [0.25, 0.3) is 0 Å². The largest absolute Gasteiger partial charge is 0.491 e. The Bertz CT molecular complexity index is 688. The highest BCUT2D eigenvalue weighted by Crippen LogP contribution is 2.45. The standard InChI is InChI=1S/C20H22O4/c1-3-4-13-5-8-16(17(11-13)24-10-9-23-2)18-19(21)14-6-7-15(12-14)20(18)22/h5,8,11,14-15,18H,6-7,9-10,12H2,1-2H3. The van der Waals surface area contributed by atoms with Crippen molar-refractivity contribution in [3.63, 3.8) is 0 Å². The summed E-state index contributed by atoms with van der Waals surface area (Å²) in [7, 11) is 1.61. The first kappa shape index (κ1) is 16.7. The molecule has 0 saturated heterocycles. The van der Waals surface area contributed by atoms with E-state index in [0.717, 1.165) is 24.8 Å². The van der Waals surface area contributed by atoms with Crippen LogP contribution in [0.2, 0.25) is 0 Å². The molecule has 4 heteroatoms. The lowest BCUT2D eigenvalue weighted by Gasteiger charge is -2.27. The monoisotopic (exact) mass is 326 g/mol. The summed E-state index contributed by atoms with van der Waals surface area (Å²) in [6.07, 6.45) is 2.41. The molecule has 126 valence electrons. The molecule has 2 unspecified atom stereocenters. The van der Waals surface area contributed by atoms with Crippen molar-refractivity contribution in [2.24, 2.45) is 11.8 Å². The Hall–Kier alpha value is -2.12. The van der Waals surface area contributed by atoms with Crippen LogP contribution in [0.25, 0.3) is 0 Å². The molecular formula is C20H22O4. The number of hydrogen-bond donors (Lipinski definition) is 0. The van der Waals surface area contributed by atoms with Gasteiger partial charge in [-0.1, -0.05) is 12.0 Å². The minimum absolute atomic E-state index is 0.0274. The molecule has 1 aromatic carbocycles. The van der Waals surface area contributed by atoms with Gasteiger partial charge in [0.2, 0.25) is 0 Å². The van der Waals surface area contributed by atoms with E-state index in [1.54, 1.807) is 14.0 Å². The number of ketones is 2. The molecule has 0 aliphatic heterocycles. The zero-order chi connectivity index (χ0) is 17.1. The highest BCUT2D eigenvalue weighted by Gasteiger charge is 2.48. The van der Waals surface area contributed by atoms with Gasteiger partial charge in [-0.25, -0.2) is 0 Å². The van der Waals surface area contributed by atoms with Crippen LogP contribution in [-0.2, 0) is 14.3 Å². The molecule has 0 amide bonds. The molecule has 24 heavy (non-hydrogen) atoms. The summed E-state index contributed by atoms with van der Waals surface area (Å²) in [5, 5.41) is 0. The van der Waals surface area contributed by atoms with Crippen molar-refractivity contribution in [2.45, 2.75) is 32.1 Å². The van der Waals surface area contributed by atoms with Crippen molar-refractivity contribution in [2.75, 3.05) is 20.3 Å². The minimum Gasteiger partial charge on any atom is -0.491 e. The summed E-state index contributed by atoms with van der Waals surface area (Å²) in [5.41, 5.74) is 1.49. The van der Waals surface area contributed by atoms with Crippen molar-refractivity contribution in [1.29, 1.82) is 0 Å². The van der Waals surface area contributed by atoms with Crippen molar-refractivity contribution in [1.82, 2.24) is 0 Å². The van der Waals surface area contributed by atoms with Crippen molar-refractivity contribution in [3.8, 4) is 17.6 Å². The van der Waals surface area contributed by atoms with E-state index in [1.165, 1.54) is 0 Å². The molecule has 4 nitrogen and oxygen atoms in total. The van der Waals surface area contributed by atoms with Gasteiger partial charge in [0.05, 0.1) is 6.61 Å². The number of rotatable bonds is 5. The summed E-state index contributed by atoms with van der Waals surface area (Å²) in [6.45, 7) is 2.58. The SMILES string of the molecule is CC#Cc1ccc(C2C(=O)C3CCC(C3)C2=O)c(OCCOC)c1. The van der Waals surface area contributed by atoms with E-state index >= 15 is 0 Å². The number of fused-ring (bicyclic) bond motifs is 2. The van der Waals surface area contributed by atoms with Gasteiger partial charge in [-0.3, -0.25) is 9.59 Å². The lowest BCUT2D eigenvalue weighted by atomic mass is 9.75. The van der Waals surface area contributed by atoms with E-state index in [2.05, 4.69) is 11.8 Å². The molecule has 1 aromatic rings. The van der Waals surface area contributed by atoms with Crippen LogP contribution in [0.3, 0.4) is 0 Å². The maximum absolute atomic E-state index is 12.8. The number of carbonyl (C=O) groups is 2. The average molecular weight is 326 g/mol. The fourth-order valence-electron chi connectivity index (χ4n) is 3.77. The predicted molar refractivity (Wildman–Crippen MR) is 90.0 cm³/mol. The average Bonchev–Trinajstić information content (AvgIpc) is 3.03. The van der Waals surface area contributed by atoms with Crippen LogP contribution in [-0.4, -0.2) is 31.9 Å². The highest BCUT2D eigenvalue weighted by atomic mass is 16.5. The summed E-state index contributed by atoms with van der Waals surface area (Å²) in [4.78, 5) is 25.5. The molecule has 3 rings (SSSR count). The molecule has 2 aliphatic rings. The Kier molecular flexibility index (Phi) is 5.01. The second-order valence-corrected chi connectivity index (χ2v) is 6.41. The van der Waals surface area contributed by atoms with Gasteiger partial charge in [-0.15, -0.1) is 5.92 Å². The maximum Gasteiger partial charge on any atom is 0.150 e. The first-order chi connectivity index (χ1) is 11.7. The fourth-order valence-corrected chi connectivity index (χ4v) is 3.77. The third-order valence-corrected chi connectivity index (χ3v) is 4.95. The summed E-state index contributed by atoms with van der Waals surface area (Å²) >= 11 is 0. The predicted octanol–water partition coefficient (Wildman–Crippen LogP) is 2.73. The smallest absolute Gasteiger partial charge is 0.150 e. The van der Waals surface area contributed by atoms with Gasteiger partial charge in [0, 0.05) is 30.1 Å². The van der Waals surface area contributed by atoms with Crippen LogP contribution in [0.1, 0.15) is 43.2 Å². The molecule has 0 spiro atoms. The lowest BCUT2D eigenvalue weighted by Crippen LogP contribution is -2.35. The Balaban J connectivity index is 1.96. The number of benzene rings is 1. The molecule has 2 bridgehead atoms. The van der Waals surface area contributed by atoms with E-state index in [9.17, 15) is 9.59 Å². The van der Waals surface area contributed by atoms with Gasteiger partial charge in [-0.05, 0) is 38.3 Å². The first-order valence-corrected chi connectivity index (χ1v) is 8.41. The van der Waals surface area contributed by atoms with Crippen molar-refractivity contribution >= 4 is 11.6 Å². The molecule has 0 heterocycles. The van der Waals surface area contributed by atoms with E-state index in [1.807, 2.05) is 18.2 Å². The molecular weight excluding hydrogens is 304 g/mol. The molecule has 2 atom stereocenters. The quantitative estimate of drug-likeness (QED) is 0.474. The maximum atomic E-state index is 12.8. The van der Waals surface area contributed by atoms with Crippen LogP contribution in [0.4, 0.5) is 0 Å². The van der Waals surface area contributed by atoms with Gasteiger partial charge in [0.1, 0.15) is 18.3 Å². The van der Waals surface area contributed by atoms with Gasteiger partial charge >= 0.3 is 0 Å². The van der Waals surface area contributed by atoms with E-state index in [4.69, 9.17) is 9.47 Å². The van der Waals surface area contributed by atoms with Crippen molar-refractivity contribution < 1.29 is 19.1 Å². The van der Waals surface area contributed by atoms with Crippen molar-refractivity contribution in [3.05, 3.63) is 29.3 Å². The van der Waals surface area contributed by atoms with E-state index < -0.39 is 5.92 Å². The van der Waals surface area contributed by atoms with Crippen LogP contribution < -0.4 is 4.74 Å². The number of hydrogen-bond acceptors (Lipinski definition) is 4. The molecule has 2 aliphatic carbocycles. The topological polar surface area (TPSA) is 52.6 Å². The van der Waals surface area contributed by atoms with Crippen LogP contribution in [0.5, 0.6) is 5.75 Å². The summed E-state index contributed by atoms with van der Waals surface area (Å²) < 4.78 is 10.8. The first-order valence-electron chi connectivity index (χ1n) is 8.41. The third-order valence-electron chi connectivity index (χ3n) is 4.95. The van der Waals surface area contributed by atoms with Gasteiger partial charge in [-0.2, -0.15) is 0 Å². The number of Topliss-reactive ketones (excluding diaryl/α,β-unsaturated/α-hetero) is 2. The zero-order valence-electron chi connectivity index (χ0n) is 14.1. The van der Waals surface area contributed by atoms with Crippen LogP contribution >= 0.6 is 0 Å². The summed E-state index contributed by atoms with van der Waals surface area (Å²) in [6, 6.07) is 5.50. The van der Waals surface area contributed by atoms with E-state index in [-0.39, 0.29) is 23.4 Å². The third kappa shape index (κ3) is 3.09. The second kappa shape index (κ2) is 7.19. The molecule has 0 aromatic heterocycles.